The van der Waals surface area contributed by atoms with Crippen LogP contribution in [0.15, 0.2) is 78.9 Å². The standard InChI is InChI=1S/C30H24N2O2Se/c1-3-30(4-2)25-16-20(18-8-10-19(11-9-18)29(33)34)12-14-23(25)24-15-13-21(17-26(24)30)22-6-5-7-27-28(22)32-35-31-27/h5-17H,3-4H2,1-2H3,(H,33,34). The van der Waals surface area contributed by atoms with Crippen LogP contribution in [0.5, 0.6) is 0 Å². The van der Waals surface area contributed by atoms with Crippen molar-refractivity contribution in [2.45, 2.75) is 32.1 Å². The van der Waals surface area contributed by atoms with Gasteiger partial charge in [0, 0.05) is 0 Å². The first kappa shape index (κ1) is 22.0. The summed E-state index contributed by atoms with van der Waals surface area (Å²) in [7, 11) is 0. The van der Waals surface area contributed by atoms with Gasteiger partial charge >= 0.3 is 183 Å². The van der Waals surface area contributed by atoms with Crippen LogP contribution in [0.25, 0.3) is 44.4 Å². The van der Waals surface area contributed by atoms with Crippen LogP contribution in [0.2, 0.25) is 0 Å². The Morgan fingerprint density at radius 2 is 1.40 bits per heavy atom. The molecule has 0 saturated heterocycles. The second-order valence-corrected chi connectivity index (χ2v) is 10.2. The van der Waals surface area contributed by atoms with Gasteiger partial charge in [-0.05, 0) is 12.1 Å². The van der Waals surface area contributed by atoms with Crippen molar-refractivity contribution in [2.24, 2.45) is 0 Å². The van der Waals surface area contributed by atoms with E-state index >= 15 is 0 Å². The molecule has 0 amide bonds. The molecule has 0 atom stereocenters. The fourth-order valence-corrected chi connectivity index (χ4v) is 6.85. The molecule has 1 N–H and O–H groups in total. The topological polar surface area (TPSA) is 63.1 Å². The fourth-order valence-electron chi connectivity index (χ4n) is 5.70. The Morgan fingerprint density at radius 3 is 2.06 bits per heavy atom. The molecule has 6 rings (SSSR count). The minimum atomic E-state index is -0.903. The molecular weight excluding hydrogens is 499 g/mol. The molecule has 4 nitrogen and oxygen atoms in total. The molecule has 1 aliphatic rings. The van der Waals surface area contributed by atoms with Crippen molar-refractivity contribution in [3.05, 3.63) is 95.6 Å². The second kappa shape index (κ2) is 8.30. The van der Waals surface area contributed by atoms with Crippen molar-refractivity contribution < 1.29 is 9.90 Å². The van der Waals surface area contributed by atoms with Crippen LogP contribution in [0.4, 0.5) is 0 Å². The van der Waals surface area contributed by atoms with Gasteiger partial charge in [0.05, 0.1) is 5.56 Å². The Balaban J connectivity index is 1.50. The normalized spacial score (nSPS) is 13.5. The van der Waals surface area contributed by atoms with Crippen LogP contribution in [0.3, 0.4) is 0 Å². The molecule has 0 bridgehead atoms. The van der Waals surface area contributed by atoms with Gasteiger partial charge in [-0.1, -0.05) is 0 Å². The summed E-state index contributed by atoms with van der Waals surface area (Å²) in [4.78, 5) is 11.3. The molecule has 1 aliphatic carbocycles. The summed E-state index contributed by atoms with van der Waals surface area (Å²) in [6.45, 7) is 4.56. The first-order valence-electron chi connectivity index (χ1n) is 11.9. The van der Waals surface area contributed by atoms with E-state index in [0.29, 0.717) is 5.56 Å². The SMILES string of the molecule is CCC1(CC)c2cc(-c3ccc(C(=O)O)cc3)ccc2-c2ccc(-c3cccc4n[se]nc34)cc21. The molecule has 4 aromatic carbocycles. The first-order chi connectivity index (χ1) is 17.1. The molecule has 35 heavy (non-hydrogen) atoms. The van der Waals surface area contributed by atoms with E-state index in [1.165, 1.54) is 27.8 Å². The number of fused-ring (bicyclic) bond motifs is 4. The van der Waals surface area contributed by atoms with Crippen molar-refractivity contribution in [3.8, 4) is 33.4 Å². The predicted octanol–water partition coefficient (Wildman–Crippen LogP) is 6.81. The summed E-state index contributed by atoms with van der Waals surface area (Å²) < 4.78 is 9.27. The van der Waals surface area contributed by atoms with E-state index < -0.39 is 5.97 Å². The Labute approximate surface area is 210 Å². The molecule has 0 aliphatic heterocycles. The van der Waals surface area contributed by atoms with Gasteiger partial charge < -0.3 is 5.11 Å². The summed E-state index contributed by atoms with van der Waals surface area (Å²) in [5, 5.41) is 9.25. The van der Waals surface area contributed by atoms with Gasteiger partial charge in [-0.25, -0.2) is 4.79 Å². The third kappa shape index (κ3) is 3.30. The summed E-state index contributed by atoms with van der Waals surface area (Å²) in [6.07, 6.45) is 2.01. The zero-order valence-electron chi connectivity index (χ0n) is 19.6. The van der Waals surface area contributed by atoms with Crippen LogP contribution in [0, 0.1) is 0 Å². The van der Waals surface area contributed by atoms with Gasteiger partial charge in [0.1, 0.15) is 0 Å². The van der Waals surface area contributed by atoms with Gasteiger partial charge in [-0.15, -0.1) is 0 Å². The number of nitrogens with zero attached hydrogens (tertiary/aromatic N) is 2. The molecule has 0 fully saturated rings. The van der Waals surface area contributed by atoms with E-state index in [-0.39, 0.29) is 20.4 Å². The van der Waals surface area contributed by atoms with E-state index in [1.54, 1.807) is 12.1 Å². The third-order valence-electron chi connectivity index (χ3n) is 7.63. The maximum absolute atomic E-state index is 11.3. The molecule has 0 unspecified atom stereocenters. The number of rotatable bonds is 5. The van der Waals surface area contributed by atoms with E-state index in [9.17, 15) is 9.90 Å². The van der Waals surface area contributed by atoms with Gasteiger partial charge in [0.15, 0.2) is 0 Å². The summed E-state index contributed by atoms with van der Waals surface area (Å²) in [5.41, 5.74) is 12.1. The van der Waals surface area contributed by atoms with E-state index in [4.69, 9.17) is 3.98 Å². The molecule has 172 valence electrons. The number of hydrogen-bond acceptors (Lipinski definition) is 3. The summed E-state index contributed by atoms with van der Waals surface area (Å²) in [5.74, 6) is -0.903. The zero-order chi connectivity index (χ0) is 24.2. The average molecular weight is 523 g/mol. The number of carbonyl (C=O) groups is 1. The van der Waals surface area contributed by atoms with Gasteiger partial charge in [0.2, 0.25) is 0 Å². The number of aromatic nitrogens is 2. The van der Waals surface area contributed by atoms with Crippen LogP contribution in [-0.2, 0) is 5.41 Å². The minimum absolute atomic E-state index is 0.0545. The molecule has 1 heterocycles. The van der Waals surface area contributed by atoms with Crippen LogP contribution < -0.4 is 0 Å². The van der Waals surface area contributed by atoms with Crippen LogP contribution in [-0.4, -0.2) is 34.0 Å². The fraction of sp³-hybridized carbons (Fsp3) is 0.167. The first-order valence-corrected chi connectivity index (χ1v) is 13.4. The number of hydrogen-bond donors (Lipinski definition) is 1. The predicted molar refractivity (Wildman–Crippen MR) is 141 cm³/mol. The van der Waals surface area contributed by atoms with Gasteiger partial charge in [0.25, 0.3) is 0 Å². The number of benzene rings is 4. The third-order valence-corrected chi connectivity index (χ3v) is 8.77. The molecule has 1 aromatic heterocycles. The van der Waals surface area contributed by atoms with Crippen molar-refractivity contribution in [3.63, 3.8) is 0 Å². The van der Waals surface area contributed by atoms with Gasteiger partial charge in [-0.2, -0.15) is 0 Å². The number of carboxylic acid groups (broad SMARTS) is 1. The van der Waals surface area contributed by atoms with Gasteiger partial charge in [-0.3, -0.25) is 0 Å². The molecule has 5 aromatic rings. The average Bonchev–Trinajstić information content (AvgIpc) is 3.49. The van der Waals surface area contributed by atoms with Crippen LogP contribution in [0.1, 0.15) is 48.2 Å². The van der Waals surface area contributed by atoms with E-state index in [2.05, 4.69) is 66.4 Å². The van der Waals surface area contributed by atoms with Crippen molar-refractivity contribution in [1.82, 2.24) is 7.96 Å². The van der Waals surface area contributed by atoms with Crippen molar-refractivity contribution >= 4 is 32.0 Å². The Hall–Kier alpha value is -3.53. The quantitative estimate of drug-likeness (QED) is 0.257. The number of carboxylic acids is 1. The Bertz CT molecular complexity index is 1600. The summed E-state index contributed by atoms with van der Waals surface area (Å²) >= 11 is -0.0545. The maximum atomic E-state index is 11.3. The number of aromatic carboxylic acids is 1. The molecular formula is C30H24N2O2Se. The Morgan fingerprint density at radius 1 is 0.771 bits per heavy atom. The summed E-state index contributed by atoms with van der Waals surface area (Å²) in [6, 6.07) is 27.0. The monoisotopic (exact) mass is 524 g/mol. The molecule has 0 radical (unpaired) electrons. The van der Waals surface area contributed by atoms with Crippen LogP contribution >= 0.6 is 0 Å². The van der Waals surface area contributed by atoms with E-state index in [0.717, 1.165) is 40.6 Å². The zero-order valence-corrected chi connectivity index (χ0v) is 21.3. The van der Waals surface area contributed by atoms with Crippen molar-refractivity contribution in [2.75, 3.05) is 0 Å². The second-order valence-electron chi connectivity index (χ2n) is 9.13. The molecule has 0 saturated carbocycles. The molecule has 5 heteroatoms. The Kier molecular flexibility index (Phi) is 5.21. The van der Waals surface area contributed by atoms with E-state index in [1.807, 2.05) is 18.2 Å². The molecule has 0 spiro atoms. The van der Waals surface area contributed by atoms with Crippen molar-refractivity contribution in [1.29, 1.82) is 0 Å².